The minimum Gasteiger partial charge on any atom is -0.357 e. The Morgan fingerprint density at radius 3 is 2.55 bits per heavy atom. The van der Waals surface area contributed by atoms with Crippen LogP contribution >= 0.6 is 24.0 Å². The van der Waals surface area contributed by atoms with Crippen molar-refractivity contribution in [2.24, 2.45) is 4.99 Å². The topological polar surface area (TPSA) is 42.9 Å². The molecule has 1 saturated heterocycles. The minimum absolute atomic E-state index is 0. The highest BCUT2D eigenvalue weighted by Gasteiger charge is 2.21. The van der Waals surface area contributed by atoms with E-state index in [9.17, 15) is 0 Å². The molecule has 0 aromatic heterocycles. The number of piperidine rings is 1. The quantitative estimate of drug-likeness (QED) is 0.333. The summed E-state index contributed by atoms with van der Waals surface area (Å²) in [7, 11) is 0. The standard InChI is InChI=1S/C23H39N5.HI/c1-4-13-27-14-11-22(12-15-27)26-23(24-5-2)25-17-19(3)28-16-10-20-8-6-7-9-21(20)18-28;/h6-9,19,22H,4-5,10-18H2,1-3H3,(H2,24,25,26);1H. The van der Waals surface area contributed by atoms with Crippen molar-refractivity contribution in [1.29, 1.82) is 0 Å². The second-order valence-electron chi connectivity index (χ2n) is 8.32. The number of benzene rings is 1. The molecular formula is C23H40IN5. The van der Waals surface area contributed by atoms with E-state index >= 15 is 0 Å². The van der Waals surface area contributed by atoms with E-state index in [1.807, 2.05) is 0 Å². The molecule has 1 unspecified atom stereocenters. The maximum Gasteiger partial charge on any atom is 0.191 e. The monoisotopic (exact) mass is 513 g/mol. The number of nitrogens with one attached hydrogen (secondary N) is 2. The van der Waals surface area contributed by atoms with Crippen LogP contribution in [-0.2, 0) is 13.0 Å². The molecular weight excluding hydrogens is 473 g/mol. The zero-order chi connectivity index (χ0) is 19.8. The van der Waals surface area contributed by atoms with Gasteiger partial charge in [0.25, 0.3) is 0 Å². The van der Waals surface area contributed by atoms with Crippen molar-refractivity contribution in [2.75, 3.05) is 39.3 Å². The second-order valence-corrected chi connectivity index (χ2v) is 8.32. The lowest BCUT2D eigenvalue weighted by molar-refractivity contribution is 0.195. The Morgan fingerprint density at radius 2 is 1.86 bits per heavy atom. The van der Waals surface area contributed by atoms with E-state index in [4.69, 9.17) is 4.99 Å². The number of fused-ring (bicyclic) bond motifs is 1. The number of aliphatic imine (C=N–C) groups is 1. The maximum atomic E-state index is 4.93. The summed E-state index contributed by atoms with van der Waals surface area (Å²) in [6.45, 7) is 14.3. The maximum absolute atomic E-state index is 4.93. The van der Waals surface area contributed by atoms with Gasteiger partial charge in [-0.25, -0.2) is 0 Å². The predicted molar refractivity (Wildman–Crippen MR) is 134 cm³/mol. The van der Waals surface area contributed by atoms with Gasteiger partial charge in [0.2, 0.25) is 0 Å². The summed E-state index contributed by atoms with van der Waals surface area (Å²) in [6.07, 6.45) is 4.83. The molecule has 1 aromatic carbocycles. The van der Waals surface area contributed by atoms with Gasteiger partial charge in [-0.15, -0.1) is 24.0 Å². The van der Waals surface area contributed by atoms with Crippen molar-refractivity contribution in [3.63, 3.8) is 0 Å². The SMILES string of the molecule is CCCN1CCC(NC(=NCC(C)N2CCc3ccccc3C2)NCC)CC1.I. The Hall–Kier alpha value is -0.860. The van der Waals surface area contributed by atoms with Crippen LogP contribution in [0.25, 0.3) is 0 Å². The third kappa shape index (κ3) is 7.40. The largest absolute Gasteiger partial charge is 0.357 e. The van der Waals surface area contributed by atoms with E-state index in [0.29, 0.717) is 12.1 Å². The van der Waals surface area contributed by atoms with Crippen molar-refractivity contribution >= 4 is 29.9 Å². The number of guanidine groups is 1. The van der Waals surface area contributed by atoms with Crippen LogP contribution in [0.15, 0.2) is 29.3 Å². The summed E-state index contributed by atoms with van der Waals surface area (Å²) < 4.78 is 0. The lowest BCUT2D eigenvalue weighted by Crippen LogP contribution is -2.49. The lowest BCUT2D eigenvalue weighted by atomic mass is 9.99. The molecule has 2 N–H and O–H groups in total. The fourth-order valence-electron chi connectivity index (χ4n) is 4.36. The molecule has 0 radical (unpaired) electrons. The number of hydrogen-bond acceptors (Lipinski definition) is 3. The smallest absolute Gasteiger partial charge is 0.191 e. The van der Waals surface area contributed by atoms with Gasteiger partial charge in [0.1, 0.15) is 0 Å². The minimum atomic E-state index is 0. The molecule has 29 heavy (non-hydrogen) atoms. The molecule has 2 heterocycles. The Morgan fingerprint density at radius 1 is 1.14 bits per heavy atom. The van der Waals surface area contributed by atoms with E-state index in [1.165, 1.54) is 50.0 Å². The van der Waals surface area contributed by atoms with Crippen LogP contribution in [0, 0.1) is 0 Å². The number of likely N-dealkylation sites (tertiary alicyclic amines) is 1. The highest BCUT2D eigenvalue weighted by Crippen LogP contribution is 2.20. The van der Waals surface area contributed by atoms with Crippen molar-refractivity contribution < 1.29 is 0 Å². The molecule has 1 fully saturated rings. The summed E-state index contributed by atoms with van der Waals surface area (Å²) >= 11 is 0. The highest BCUT2D eigenvalue weighted by molar-refractivity contribution is 14.0. The number of rotatable bonds is 7. The zero-order valence-electron chi connectivity index (χ0n) is 18.5. The third-order valence-electron chi connectivity index (χ3n) is 6.11. The van der Waals surface area contributed by atoms with Gasteiger partial charge in [-0.05, 0) is 57.2 Å². The highest BCUT2D eigenvalue weighted by atomic mass is 127. The summed E-state index contributed by atoms with van der Waals surface area (Å²) in [5.41, 5.74) is 2.99. The number of nitrogens with zero attached hydrogens (tertiary/aromatic N) is 3. The Bertz CT molecular complexity index is 627. The molecule has 3 rings (SSSR count). The van der Waals surface area contributed by atoms with Gasteiger partial charge in [-0.3, -0.25) is 9.89 Å². The third-order valence-corrected chi connectivity index (χ3v) is 6.11. The fourth-order valence-corrected chi connectivity index (χ4v) is 4.36. The molecule has 2 aliphatic heterocycles. The first kappa shape index (κ1) is 24.4. The van der Waals surface area contributed by atoms with E-state index in [0.717, 1.165) is 38.6 Å². The first-order chi connectivity index (χ1) is 13.7. The van der Waals surface area contributed by atoms with Crippen LogP contribution in [-0.4, -0.2) is 67.1 Å². The first-order valence-electron chi connectivity index (χ1n) is 11.3. The Balaban J connectivity index is 0.00000300. The first-order valence-corrected chi connectivity index (χ1v) is 11.3. The van der Waals surface area contributed by atoms with E-state index in [1.54, 1.807) is 0 Å². The van der Waals surface area contributed by atoms with Crippen molar-refractivity contribution in [1.82, 2.24) is 20.4 Å². The molecule has 0 bridgehead atoms. The van der Waals surface area contributed by atoms with Crippen molar-refractivity contribution in [2.45, 2.75) is 65.1 Å². The van der Waals surface area contributed by atoms with E-state index < -0.39 is 0 Å². The molecule has 6 heteroatoms. The average Bonchev–Trinajstić information content (AvgIpc) is 2.73. The molecule has 164 valence electrons. The zero-order valence-corrected chi connectivity index (χ0v) is 20.8. The van der Waals surface area contributed by atoms with Gasteiger partial charge in [0.05, 0.1) is 6.54 Å². The normalized spacial score (nSPS) is 19.9. The Labute approximate surface area is 194 Å². The van der Waals surface area contributed by atoms with Gasteiger partial charge in [-0.1, -0.05) is 31.2 Å². The van der Waals surface area contributed by atoms with Crippen molar-refractivity contribution in [3.8, 4) is 0 Å². The fraction of sp³-hybridized carbons (Fsp3) is 0.696. The van der Waals surface area contributed by atoms with Crippen LogP contribution in [0.1, 0.15) is 51.2 Å². The van der Waals surface area contributed by atoms with E-state index in [2.05, 4.69) is 65.5 Å². The van der Waals surface area contributed by atoms with Gasteiger partial charge < -0.3 is 15.5 Å². The molecule has 1 aromatic rings. The molecule has 0 spiro atoms. The molecule has 2 aliphatic rings. The second kappa shape index (κ2) is 12.7. The Kier molecular flexibility index (Phi) is 10.7. The molecule has 5 nitrogen and oxygen atoms in total. The van der Waals surface area contributed by atoms with Gasteiger partial charge in [0, 0.05) is 44.8 Å². The van der Waals surface area contributed by atoms with E-state index in [-0.39, 0.29) is 24.0 Å². The van der Waals surface area contributed by atoms with Crippen LogP contribution < -0.4 is 10.6 Å². The summed E-state index contributed by atoms with van der Waals surface area (Å²) in [5, 5.41) is 7.13. The summed E-state index contributed by atoms with van der Waals surface area (Å²) in [6, 6.07) is 9.86. The summed E-state index contributed by atoms with van der Waals surface area (Å²) in [4.78, 5) is 10.1. The molecule has 0 amide bonds. The average molecular weight is 514 g/mol. The van der Waals surface area contributed by atoms with Crippen LogP contribution in [0.4, 0.5) is 0 Å². The lowest BCUT2D eigenvalue weighted by Gasteiger charge is -2.34. The summed E-state index contributed by atoms with van der Waals surface area (Å²) in [5.74, 6) is 0.987. The number of hydrogen-bond donors (Lipinski definition) is 2. The van der Waals surface area contributed by atoms with Gasteiger partial charge in [0.15, 0.2) is 5.96 Å². The van der Waals surface area contributed by atoms with Crippen LogP contribution in [0.3, 0.4) is 0 Å². The molecule has 0 saturated carbocycles. The van der Waals surface area contributed by atoms with Gasteiger partial charge >= 0.3 is 0 Å². The van der Waals surface area contributed by atoms with Crippen LogP contribution in [0.2, 0.25) is 0 Å². The number of halogens is 1. The van der Waals surface area contributed by atoms with Gasteiger partial charge in [-0.2, -0.15) is 0 Å². The molecule has 1 atom stereocenters. The predicted octanol–water partition coefficient (Wildman–Crippen LogP) is 3.48. The van der Waals surface area contributed by atoms with Crippen molar-refractivity contribution in [3.05, 3.63) is 35.4 Å². The molecule has 0 aliphatic carbocycles. The van der Waals surface area contributed by atoms with Crippen LogP contribution in [0.5, 0.6) is 0 Å².